The molecule has 2 fully saturated rings. The van der Waals surface area contributed by atoms with Gasteiger partial charge in [-0.15, -0.1) is 0 Å². The van der Waals surface area contributed by atoms with Crippen LogP contribution in [0.3, 0.4) is 0 Å². The number of hydrogen-bond donors (Lipinski definition) is 0. The smallest absolute Gasteiger partial charge is 0.270 e. The van der Waals surface area contributed by atoms with E-state index in [1.54, 1.807) is 22.2 Å². The van der Waals surface area contributed by atoms with Gasteiger partial charge in [0.25, 0.3) is 11.8 Å². The zero-order chi connectivity index (χ0) is 17.2. The monoisotopic (exact) mass is 344 g/mol. The molecular formula is C19H21ClN2O2. The number of rotatable bonds is 2. The Morgan fingerprint density at radius 2 is 1.75 bits per heavy atom. The molecule has 2 saturated heterocycles. The van der Waals surface area contributed by atoms with E-state index in [0.29, 0.717) is 17.4 Å². The molecule has 5 rings (SSSR count). The van der Waals surface area contributed by atoms with Gasteiger partial charge in [0, 0.05) is 0 Å². The highest BCUT2D eigenvalue weighted by Gasteiger charge is 2.65. The SMILES string of the molecule is CC1=CC2C(C(C)C)CC1N1C(=O)C(Cl)(c3ccccc3)C(=O)N21. The summed E-state index contributed by atoms with van der Waals surface area (Å²) in [4.78, 5) is 24.8. The van der Waals surface area contributed by atoms with Crippen molar-refractivity contribution in [1.82, 2.24) is 10.0 Å². The third-order valence-electron chi connectivity index (χ3n) is 5.74. The molecule has 24 heavy (non-hydrogen) atoms. The molecule has 0 spiro atoms. The van der Waals surface area contributed by atoms with Crippen molar-refractivity contribution in [3.05, 3.63) is 47.5 Å². The van der Waals surface area contributed by atoms with Gasteiger partial charge in [0.2, 0.25) is 4.87 Å². The highest BCUT2D eigenvalue weighted by atomic mass is 35.5. The molecule has 0 N–H and O–H groups in total. The van der Waals surface area contributed by atoms with Gasteiger partial charge in [-0.2, -0.15) is 0 Å². The van der Waals surface area contributed by atoms with Gasteiger partial charge in [-0.3, -0.25) is 9.59 Å². The minimum Gasteiger partial charge on any atom is -0.270 e. The Hall–Kier alpha value is -1.81. The molecule has 2 amide bonds. The van der Waals surface area contributed by atoms with Crippen LogP contribution < -0.4 is 0 Å². The first-order valence-corrected chi connectivity index (χ1v) is 8.85. The number of alkyl halides is 1. The summed E-state index contributed by atoms with van der Waals surface area (Å²) in [7, 11) is 0. The van der Waals surface area contributed by atoms with E-state index in [2.05, 4.69) is 19.9 Å². The lowest BCUT2D eigenvalue weighted by Gasteiger charge is -2.53. The maximum atomic E-state index is 13.2. The number of hydrogen-bond acceptors (Lipinski definition) is 2. The maximum absolute atomic E-state index is 13.2. The van der Waals surface area contributed by atoms with Gasteiger partial charge < -0.3 is 0 Å². The van der Waals surface area contributed by atoms with E-state index in [-0.39, 0.29) is 23.9 Å². The first-order chi connectivity index (χ1) is 11.4. The quantitative estimate of drug-likeness (QED) is 0.470. The number of amides is 2. The normalized spacial score (nSPS) is 34.9. The van der Waals surface area contributed by atoms with Crippen molar-refractivity contribution in [3.8, 4) is 0 Å². The predicted octanol–water partition coefficient (Wildman–Crippen LogP) is 3.08. The average molecular weight is 345 g/mol. The number of halogens is 1. The third kappa shape index (κ3) is 1.80. The molecule has 5 heteroatoms. The van der Waals surface area contributed by atoms with Crippen LogP contribution in [0.1, 0.15) is 32.8 Å². The zero-order valence-corrected chi connectivity index (χ0v) is 14.8. The molecule has 3 heterocycles. The van der Waals surface area contributed by atoms with Crippen LogP contribution in [0.25, 0.3) is 0 Å². The molecule has 126 valence electrons. The van der Waals surface area contributed by atoms with E-state index in [0.717, 1.165) is 12.0 Å². The van der Waals surface area contributed by atoms with Crippen LogP contribution in [0.15, 0.2) is 42.0 Å². The van der Waals surface area contributed by atoms with E-state index in [9.17, 15) is 9.59 Å². The fraction of sp³-hybridized carbons (Fsp3) is 0.474. The highest BCUT2D eigenvalue weighted by molar-refractivity contribution is 6.47. The van der Waals surface area contributed by atoms with E-state index in [1.807, 2.05) is 25.1 Å². The summed E-state index contributed by atoms with van der Waals surface area (Å²) in [5.74, 6) is 0.157. The van der Waals surface area contributed by atoms with Gasteiger partial charge in [-0.1, -0.05) is 67.4 Å². The fourth-order valence-electron chi connectivity index (χ4n) is 4.39. The number of hydrazine groups is 1. The number of benzene rings is 1. The molecular weight excluding hydrogens is 324 g/mol. The number of carbonyl (C=O) groups excluding carboxylic acids is 2. The van der Waals surface area contributed by atoms with Crippen LogP contribution in [0, 0.1) is 11.8 Å². The van der Waals surface area contributed by atoms with Crippen molar-refractivity contribution in [1.29, 1.82) is 0 Å². The van der Waals surface area contributed by atoms with Crippen LogP contribution >= 0.6 is 11.6 Å². The summed E-state index contributed by atoms with van der Waals surface area (Å²) in [6, 6.07) is 8.82. The van der Waals surface area contributed by atoms with Gasteiger partial charge in [0.15, 0.2) is 0 Å². The molecule has 2 bridgehead atoms. The Morgan fingerprint density at radius 1 is 1.12 bits per heavy atom. The summed E-state index contributed by atoms with van der Waals surface area (Å²) in [5, 5.41) is 3.26. The van der Waals surface area contributed by atoms with Crippen LogP contribution in [0.5, 0.6) is 0 Å². The maximum Gasteiger partial charge on any atom is 0.277 e. The summed E-state index contributed by atoms with van der Waals surface area (Å²) in [5.41, 5.74) is 1.71. The Morgan fingerprint density at radius 3 is 2.38 bits per heavy atom. The van der Waals surface area contributed by atoms with Crippen molar-refractivity contribution in [3.63, 3.8) is 0 Å². The van der Waals surface area contributed by atoms with Crippen LogP contribution in [0.4, 0.5) is 0 Å². The zero-order valence-electron chi connectivity index (χ0n) is 14.1. The molecule has 1 aromatic rings. The van der Waals surface area contributed by atoms with E-state index in [1.165, 1.54) is 0 Å². The molecule has 4 unspecified atom stereocenters. The summed E-state index contributed by atoms with van der Waals surface area (Å²) < 4.78 is 0. The van der Waals surface area contributed by atoms with Crippen molar-refractivity contribution >= 4 is 23.4 Å². The van der Waals surface area contributed by atoms with Crippen molar-refractivity contribution in [2.45, 2.75) is 44.1 Å². The Kier molecular flexibility index (Phi) is 3.33. The van der Waals surface area contributed by atoms with Crippen LogP contribution in [0.2, 0.25) is 0 Å². The minimum atomic E-state index is -1.64. The molecule has 1 aromatic carbocycles. The van der Waals surface area contributed by atoms with Crippen molar-refractivity contribution in [2.75, 3.05) is 0 Å². The summed E-state index contributed by atoms with van der Waals surface area (Å²) in [6.45, 7) is 6.39. The van der Waals surface area contributed by atoms with E-state index < -0.39 is 4.87 Å². The van der Waals surface area contributed by atoms with Crippen molar-refractivity contribution in [2.24, 2.45) is 11.8 Å². The topological polar surface area (TPSA) is 40.6 Å². The molecule has 0 aromatic heterocycles. The lowest BCUT2D eigenvalue weighted by Crippen LogP contribution is -2.63. The molecule has 4 nitrogen and oxygen atoms in total. The molecule has 4 atom stereocenters. The highest BCUT2D eigenvalue weighted by Crippen LogP contribution is 2.50. The molecule has 0 saturated carbocycles. The first kappa shape index (κ1) is 15.7. The molecule has 4 aliphatic rings. The number of fused-ring (bicyclic) bond motifs is 1. The molecule has 3 aliphatic heterocycles. The molecule has 1 aliphatic carbocycles. The van der Waals surface area contributed by atoms with E-state index in [4.69, 9.17) is 11.6 Å². The summed E-state index contributed by atoms with van der Waals surface area (Å²) in [6.07, 6.45) is 3.04. The number of nitrogens with zero attached hydrogens (tertiary/aromatic N) is 2. The molecule has 0 radical (unpaired) electrons. The second-order valence-electron chi connectivity index (χ2n) is 7.38. The lowest BCUT2D eigenvalue weighted by molar-refractivity contribution is -0.169. The van der Waals surface area contributed by atoms with Gasteiger partial charge in [-0.25, -0.2) is 10.0 Å². The largest absolute Gasteiger partial charge is 0.277 e. The van der Waals surface area contributed by atoms with Gasteiger partial charge in [0.05, 0.1) is 12.1 Å². The Labute approximate surface area is 147 Å². The number of carbonyl (C=O) groups is 2. The standard InChI is InChI=1S/C19H21ClN2O2/c1-11(2)14-10-15-12(3)9-16(14)22-18(24)19(20,17(23)21(15)22)13-7-5-4-6-8-13/h4-9,11,14-16H,10H2,1-3H3. The van der Waals surface area contributed by atoms with Crippen LogP contribution in [-0.4, -0.2) is 33.9 Å². The van der Waals surface area contributed by atoms with Crippen molar-refractivity contribution < 1.29 is 9.59 Å². The van der Waals surface area contributed by atoms with Crippen LogP contribution in [-0.2, 0) is 14.5 Å². The Bertz CT molecular complexity index is 745. The van der Waals surface area contributed by atoms with Gasteiger partial charge >= 0.3 is 0 Å². The van der Waals surface area contributed by atoms with Gasteiger partial charge in [0.1, 0.15) is 0 Å². The van der Waals surface area contributed by atoms with E-state index >= 15 is 0 Å². The first-order valence-electron chi connectivity index (χ1n) is 8.47. The Balaban J connectivity index is 1.83. The third-order valence-corrected chi connectivity index (χ3v) is 6.28. The predicted molar refractivity (Wildman–Crippen MR) is 91.9 cm³/mol. The second kappa shape index (κ2) is 5.09. The average Bonchev–Trinajstić information content (AvgIpc) is 2.79. The van der Waals surface area contributed by atoms with Gasteiger partial charge in [-0.05, 0) is 30.7 Å². The second-order valence-corrected chi connectivity index (χ2v) is 7.95. The lowest BCUT2D eigenvalue weighted by atomic mass is 9.74. The summed E-state index contributed by atoms with van der Waals surface area (Å²) >= 11 is 6.70. The minimum absolute atomic E-state index is 0.0665. The fourth-order valence-corrected chi connectivity index (χ4v) is 4.69.